The van der Waals surface area contributed by atoms with Crippen LogP contribution in [-0.4, -0.2) is 0 Å². The van der Waals surface area contributed by atoms with E-state index in [1.54, 1.807) is 12.0 Å². The predicted octanol–water partition coefficient (Wildman–Crippen LogP) is 3.66. The van der Waals surface area contributed by atoms with Crippen molar-refractivity contribution < 1.29 is 0 Å². The van der Waals surface area contributed by atoms with Gasteiger partial charge < -0.3 is 5.32 Å². The van der Waals surface area contributed by atoms with Crippen molar-refractivity contribution in [2.75, 3.05) is 0 Å². The molecule has 0 amide bonds. The Morgan fingerprint density at radius 3 is 2.88 bits per heavy atom. The summed E-state index contributed by atoms with van der Waals surface area (Å²) < 4.78 is 0. The van der Waals surface area contributed by atoms with Crippen LogP contribution in [0.25, 0.3) is 0 Å². The molecule has 4 atom stereocenters. The van der Waals surface area contributed by atoms with E-state index in [4.69, 9.17) is 0 Å². The van der Waals surface area contributed by atoms with Gasteiger partial charge in [-0.05, 0) is 54.6 Å². The maximum absolute atomic E-state index is 3.71. The van der Waals surface area contributed by atoms with Crippen LogP contribution in [0.4, 0.5) is 0 Å². The molecule has 0 saturated heterocycles. The van der Waals surface area contributed by atoms with E-state index < -0.39 is 0 Å². The molecule has 0 aromatic heterocycles. The average Bonchev–Trinajstić information content (AvgIpc) is 3.05. The lowest BCUT2D eigenvalue weighted by molar-refractivity contribution is 0.284. The van der Waals surface area contributed by atoms with Crippen LogP contribution >= 0.6 is 0 Å². The van der Waals surface area contributed by atoms with Gasteiger partial charge in [-0.25, -0.2) is 0 Å². The summed E-state index contributed by atoms with van der Waals surface area (Å²) in [5.41, 5.74) is 3.11. The van der Waals surface area contributed by atoms with Crippen LogP contribution in [0.2, 0.25) is 0 Å². The first kappa shape index (κ1) is 10.1. The van der Waals surface area contributed by atoms with Gasteiger partial charge in [0.15, 0.2) is 0 Å². The van der Waals surface area contributed by atoms with Crippen molar-refractivity contribution in [2.24, 2.45) is 17.8 Å². The first-order chi connectivity index (χ1) is 8.40. The van der Waals surface area contributed by atoms with E-state index >= 15 is 0 Å². The van der Waals surface area contributed by atoms with Crippen LogP contribution in [0.5, 0.6) is 0 Å². The Morgan fingerprint density at radius 2 is 2.06 bits per heavy atom. The standard InChI is InChI=1S/C16H21N/c1-2-4-15-13(3-1)10-17-16(15)9-14-8-11-5-6-12(14)7-11/h1-4,11-12,14,16-17H,5-10H2. The summed E-state index contributed by atoms with van der Waals surface area (Å²) >= 11 is 0. The highest BCUT2D eigenvalue weighted by molar-refractivity contribution is 5.33. The summed E-state index contributed by atoms with van der Waals surface area (Å²) in [7, 11) is 0. The van der Waals surface area contributed by atoms with Gasteiger partial charge in [-0.3, -0.25) is 0 Å². The zero-order chi connectivity index (χ0) is 11.2. The van der Waals surface area contributed by atoms with E-state index in [-0.39, 0.29) is 0 Å². The quantitative estimate of drug-likeness (QED) is 0.813. The van der Waals surface area contributed by atoms with Crippen LogP contribution in [0.15, 0.2) is 24.3 Å². The lowest BCUT2D eigenvalue weighted by Crippen LogP contribution is -2.19. The predicted molar refractivity (Wildman–Crippen MR) is 69.6 cm³/mol. The third-order valence-corrected chi connectivity index (χ3v) is 5.39. The molecule has 0 radical (unpaired) electrons. The summed E-state index contributed by atoms with van der Waals surface area (Å²) in [5.74, 6) is 3.16. The van der Waals surface area contributed by atoms with E-state index in [1.807, 2.05) is 0 Å². The summed E-state index contributed by atoms with van der Waals surface area (Å²) in [6, 6.07) is 9.62. The smallest absolute Gasteiger partial charge is 0.0329 e. The van der Waals surface area contributed by atoms with Gasteiger partial charge in [0, 0.05) is 12.6 Å². The Bertz CT molecular complexity index is 425. The molecular formula is C16H21N. The van der Waals surface area contributed by atoms with E-state index in [0.29, 0.717) is 6.04 Å². The molecule has 17 heavy (non-hydrogen) atoms. The second-order valence-electron chi connectivity index (χ2n) is 6.30. The minimum Gasteiger partial charge on any atom is -0.306 e. The van der Waals surface area contributed by atoms with Gasteiger partial charge in [-0.15, -0.1) is 0 Å². The van der Waals surface area contributed by atoms with Gasteiger partial charge >= 0.3 is 0 Å². The highest BCUT2D eigenvalue weighted by Crippen LogP contribution is 2.51. The second kappa shape index (κ2) is 3.84. The number of nitrogens with one attached hydrogen (secondary N) is 1. The lowest BCUT2D eigenvalue weighted by Gasteiger charge is -2.25. The third-order valence-electron chi connectivity index (χ3n) is 5.39. The molecule has 2 fully saturated rings. The van der Waals surface area contributed by atoms with Gasteiger partial charge in [0.2, 0.25) is 0 Å². The first-order valence-electron chi connectivity index (χ1n) is 7.21. The molecule has 1 aliphatic heterocycles. The van der Waals surface area contributed by atoms with Gasteiger partial charge in [-0.1, -0.05) is 30.7 Å². The Labute approximate surface area is 104 Å². The number of fused-ring (bicyclic) bond motifs is 3. The largest absolute Gasteiger partial charge is 0.306 e. The maximum Gasteiger partial charge on any atom is 0.0329 e. The van der Waals surface area contributed by atoms with Crippen molar-refractivity contribution in [1.29, 1.82) is 0 Å². The molecule has 1 heteroatoms. The molecule has 1 nitrogen and oxygen atoms in total. The number of benzene rings is 1. The molecule has 4 rings (SSSR count). The van der Waals surface area contributed by atoms with Gasteiger partial charge in [-0.2, -0.15) is 0 Å². The number of hydrogen-bond acceptors (Lipinski definition) is 1. The molecule has 1 aromatic carbocycles. The molecule has 4 unspecified atom stereocenters. The molecule has 1 N–H and O–H groups in total. The Morgan fingerprint density at radius 1 is 1.12 bits per heavy atom. The van der Waals surface area contributed by atoms with Crippen molar-refractivity contribution >= 4 is 0 Å². The second-order valence-corrected chi connectivity index (χ2v) is 6.30. The summed E-state index contributed by atoms with van der Waals surface area (Å²) in [6.07, 6.45) is 7.49. The maximum atomic E-state index is 3.71. The summed E-state index contributed by atoms with van der Waals surface area (Å²) in [5, 5.41) is 3.71. The van der Waals surface area contributed by atoms with Crippen LogP contribution in [-0.2, 0) is 6.54 Å². The van der Waals surface area contributed by atoms with E-state index in [2.05, 4.69) is 29.6 Å². The van der Waals surface area contributed by atoms with Crippen molar-refractivity contribution in [1.82, 2.24) is 5.32 Å². The van der Waals surface area contributed by atoms with Gasteiger partial charge in [0.25, 0.3) is 0 Å². The highest BCUT2D eigenvalue weighted by atomic mass is 14.9. The fraction of sp³-hybridized carbons (Fsp3) is 0.625. The van der Waals surface area contributed by atoms with Crippen molar-refractivity contribution in [2.45, 2.75) is 44.7 Å². The fourth-order valence-corrected chi connectivity index (χ4v) is 4.56. The lowest BCUT2D eigenvalue weighted by atomic mass is 9.83. The Hall–Kier alpha value is -0.820. The average molecular weight is 227 g/mol. The van der Waals surface area contributed by atoms with Crippen LogP contribution < -0.4 is 5.32 Å². The molecular weight excluding hydrogens is 206 g/mol. The Balaban J connectivity index is 1.51. The molecule has 1 aromatic rings. The minimum atomic E-state index is 0.649. The fourth-order valence-electron chi connectivity index (χ4n) is 4.56. The highest BCUT2D eigenvalue weighted by Gasteiger charge is 2.40. The number of rotatable bonds is 2. The minimum absolute atomic E-state index is 0.649. The van der Waals surface area contributed by atoms with E-state index in [9.17, 15) is 0 Å². The van der Waals surface area contributed by atoms with Crippen LogP contribution in [0.1, 0.15) is 49.3 Å². The monoisotopic (exact) mass is 227 g/mol. The van der Waals surface area contributed by atoms with Crippen molar-refractivity contribution in [3.05, 3.63) is 35.4 Å². The van der Waals surface area contributed by atoms with Gasteiger partial charge in [0.05, 0.1) is 0 Å². The van der Waals surface area contributed by atoms with Crippen LogP contribution in [0, 0.1) is 17.8 Å². The Kier molecular flexibility index (Phi) is 2.29. The third kappa shape index (κ3) is 1.63. The molecule has 1 heterocycles. The van der Waals surface area contributed by atoms with E-state index in [1.165, 1.54) is 31.2 Å². The zero-order valence-corrected chi connectivity index (χ0v) is 10.4. The number of hydrogen-bond donors (Lipinski definition) is 1. The topological polar surface area (TPSA) is 12.0 Å². The van der Waals surface area contributed by atoms with Crippen molar-refractivity contribution in [3.8, 4) is 0 Å². The first-order valence-corrected chi connectivity index (χ1v) is 7.21. The molecule has 2 bridgehead atoms. The molecule has 2 saturated carbocycles. The molecule has 2 aliphatic carbocycles. The summed E-state index contributed by atoms with van der Waals surface area (Å²) in [4.78, 5) is 0. The van der Waals surface area contributed by atoms with Crippen molar-refractivity contribution in [3.63, 3.8) is 0 Å². The molecule has 90 valence electrons. The normalized spacial score (nSPS) is 38.6. The molecule has 0 spiro atoms. The summed E-state index contributed by atoms with van der Waals surface area (Å²) in [6.45, 7) is 1.08. The van der Waals surface area contributed by atoms with Gasteiger partial charge in [0.1, 0.15) is 0 Å². The van der Waals surface area contributed by atoms with Crippen LogP contribution in [0.3, 0.4) is 0 Å². The zero-order valence-electron chi connectivity index (χ0n) is 10.4. The SMILES string of the molecule is c1ccc2c(c1)CNC2CC1CC2CCC1C2. The molecule has 3 aliphatic rings. The van der Waals surface area contributed by atoms with E-state index in [0.717, 1.165) is 24.3 Å².